The van der Waals surface area contributed by atoms with E-state index in [4.69, 9.17) is 17.5 Å². The minimum atomic E-state index is -5.17. The maximum absolute atomic E-state index is 8.52. The van der Waals surface area contributed by atoms with Gasteiger partial charge in [-0.3, -0.25) is 8.42 Å². The molecule has 43 heavy (non-hydrogen) atoms. The smallest absolute Gasteiger partial charge is 0.0780 e. The summed E-state index contributed by atoms with van der Waals surface area (Å²) in [5.41, 5.74) is 0. The highest BCUT2D eigenvalue weighted by atomic mass is 32.3. The first-order valence-electron chi connectivity index (χ1n) is 18.4. The van der Waals surface area contributed by atoms with Crippen LogP contribution in [0.3, 0.4) is 0 Å². The standard InChI is InChI=1S/2C18H40N.H2O4S/c2*1-5-6-7-8-9-10-11-12-13-14-15-16-17-18-19(2,3)4;1-5(2,3)4/h2*5-18H2,1-4H3;(H2,1,2,3,4)/q2*+1;/p-2. The second-order valence-electron chi connectivity index (χ2n) is 14.9. The Morgan fingerprint density at radius 2 is 0.488 bits per heavy atom. The van der Waals surface area contributed by atoms with Crippen molar-refractivity contribution in [2.75, 3.05) is 55.4 Å². The Hall–Kier alpha value is -0.210. The van der Waals surface area contributed by atoms with Crippen molar-refractivity contribution < 1.29 is 26.5 Å². The quantitative estimate of drug-likeness (QED) is 0.0370. The fourth-order valence-corrected chi connectivity index (χ4v) is 5.21. The second kappa shape index (κ2) is 33.2. The third kappa shape index (κ3) is 65.5. The number of quaternary nitrogens is 2. The van der Waals surface area contributed by atoms with Gasteiger partial charge in [-0.2, -0.15) is 0 Å². The van der Waals surface area contributed by atoms with Gasteiger partial charge in [-0.15, -0.1) is 0 Å². The molecule has 0 spiro atoms. The zero-order valence-corrected chi connectivity index (χ0v) is 31.6. The molecule has 0 aliphatic heterocycles. The molecule has 0 aromatic rings. The van der Waals surface area contributed by atoms with E-state index in [0.29, 0.717) is 0 Å². The molecule has 0 N–H and O–H groups in total. The van der Waals surface area contributed by atoms with E-state index in [1.54, 1.807) is 0 Å². The molecular weight excluding hydrogens is 556 g/mol. The zero-order valence-electron chi connectivity index (χ0n) is 30.7. The summed E-state index contributed by atoms with van der Waals surface area (Å²) in [4.78, 5) is 0. The van der Waals surface area contributed by atoms with E-state index in [1.807, 2.05) is 0 Å². The van der Waals surface area contributed by atoms with Crippen LogP contribution < -0.4 is 0 Å². The van der Waals surface area contributed by atoms with Gasteiger partial charge < -0.3 is 18.1 Å². The number of rotatable bonds is 28. The third-order valence-corrected chi connectivity index (χ3v) is 7.86. The number of nitrogens with zero attached hydrogens (tertiary/aromatic N) is 2. The fourth-order valence-electron chi connectivity index (χ4n) is 5.21. The Labute approximate surface area is 272 Å². The van der Waals surface area contributed by atoms with E-state index < -0.39 is 10.4 Å². The van der Waals surface area contributed by atoms with Gasteiger partial charge in [0.05, 0.1) is 55.4 Å². The molecular formula is C36H80N2O4S. The first-order valence-corrected chi connectivity index (χ1v) is 19.7. The molecule has 0 aromatic heterocycles. The van der Waals surface area contributed by atoms with Crippen molar-refractivity contribution in [1.82, 2.24) is 0 Å². The van der Waals surface area contributed by atoms with E-state index in [9.17, 15) is 0 Å². The van der Waals surface area contributed by atoms with E-state index >= 15 is 0 Å². The summed E-state index contributed by atoms with van der Waals surface area (Å²) in [5.74, 6) is 0. The van der Waals surface area contributed by atoms with Crippen molar-refractivity contribution in [2.45, 2.75) is 181 Å². The van der Waals surface area contributed by atoms with Crippen molar-refractivity contribution in [1.29, 1.82) is 0 Å². The number of hydrogen-bond donors (Lipinski definition) is 0. The average Bonchev–Trinajstić information content (AvgIpc) is 2.88. The predicted molar refractivity (Wildman–Crippen MR) is 188 cm³/mol. The van der Waals surface area contributed by atoms with Gasteiger partial charge >= 0.3 is 0 Å². The molecule has 0 radical (unpaired) electrons. The Balaban J connectivity index is -0.000000642. The monoisotopic (exact) mass is 637 g/mol. The summed E-state index contributed by atoms with van der Waals surface area (Å²) in [7, 11) is 8.59. The topological polar surface area (TPSA) is 80.3 Å². The van der Waals surface area contributed by atoms with Crippen LogP contribution in [-0.2, 0) is 10.4 Å². The minimum absolute atomic E-state index is 1.12. The van der Waals surface area contributed by atoms with Crippen LogP contribution in [0.2, 0.25) is 0 Å². The molecule has 0 saturated carbocycles. The Morgan fingerprint density at radius 3 is 0.628 bits per heavy atom. The van der Waals surface area contributed by atoms with Crippen LogP contribution >= 0.6 is 0 Å². The molecule has 0 aliphatic carbocycles. The van der Waals surface area contributed by atoms with Gasteiger partial charge in [-0.1, -0.05) is 155 Å². The molecule has 0 heterocycles. The van der Waals surface area contributed by atoms with Crippen molar-refractivity contribution >= 4 is 10.4 Å². The van der Waals surface area contributed by atoms with Crippen molar-refractivity contribution in [3.05, 3.63) is 0 Å². The summed E-state index contributed by atoms with van der Waals surface area (Å²) in [6.45, 7) is 7.25. The molecule has 0 unspecified atom stereocenters. The summed E-state index contributed by atoms with van der Waals surface area (Å²) in [5, 5.41) is 0. The lowest BCUT2D eigenvalue weighted by Gasteiger charge is -2.23. The van der Waals surface area contributed by atoms with Crippen LogP contribution in [0.25, 0.3) is 0 Å². The summed E-state index contributed by atoms with van der Waals surface area (Å²) in [6.07, 6.45) is 37.8. The third-order valence-electron chi connectivity index (χ3n) is 7.86. The average molecular weight is 637 g/mol. The molecule has 0 fully saturated rings. The van der Waals surface area contributed by atoms with Crippen molar-refractivity contribution in [3.63, 3.8) is 0 Å². The lowest BCUT2D eigenvalue weighted by molar-refractivity contribution is -0.870. The maximum Gasteiger partial charge on any atom is 0.0780 e. The molecule has 0 saturated heterocycles. The molecule has 0 rings (SSSR count). The van der Waals surface area contributed by atoms with Gasteiger partial charge in [0.15, 0.2) is 0 Å². The van der Waals surface area contributed by atoms with Crippen LogP contribution in [0.4, 0.5) is 0 Å². The molecule has 0 bridgehead atoms. The molecule has 0 atom stereocenters. The van der Waals surface area contributed by atoms with Gasteiger partial charge in [-0.05, 0) is 25.7 Å². The normalized spacial score (nSPS) is 12.0. The highest BCUT2D eigenvalue weighted by Gasteiger charge is 2.06. The highest BCUT2D eigenvalue weighted by molar-refractivity contribution is 7.79. The van der Waals surface area contributed by atoms with Crippen LogP contribution in [0.15, 0.2) is 0 Å². The fraction of sp³-hybridized carbons (Fsp3) is 1.00. The van der Waals surface area contributed by atoms with Crippen LogP contribution in [0.5, 0.6) is 0 Å². The van der Waals surface area contributed by atoms with Crippen LogP contribution in [0, 0.1) is 0 Å². The van der Waals surface area contributed by atoms with E-state index in [0.717, 1.165) is 8.97 Å². The molecule has 264 valence electrons. The first kappa shape index (κ1) is 47.2. The molecule has 0 aliphatic rings. The SMILES string of the molecule is CCCCCCCCCCCCCCC[N+](C)(C)C.CCCCCCCCCCCCCCC[N+](C)(C)C.O=S(=O)([O-])[O-]. The molecule has 0 aromatic carbocycles. The van der Waals surface area contributed by atoms with Crippen molar-refractivity contribution in [2.24, 2.45) is 0 Å². The minimum Gasteiger partial charge on any atom is -0.759 e. The summed E-state index contributed by atoms with van der Waals surface area (Å²) >= 11 is 0. The highest BCUT2D eigenvalue weighted by Crippen LogP contribution is 2.14. The number of hydrogen-bond acceptors (Lipinski definition) is 4. The van der Waals surface area contributed by atoms with E-state index in [-0.39, 0.29) is 0 Å². The predicted octanol–water partition coefficient (Wildman–Crippen LogP) is 10.2. The molecule has 7 heteroatoms. The lowest BCUT2D eigenvalue weighted by Crippen LogP contribution is -2.35. The largest absolute Gasteiger partial charge is 0.759 e. The summed E-state index contributed by atoms with van der Waals surface area (Å²) in [6, 6.07) is 0. The Kier molecular flexibility index (Phi) is 36.4. The van der Waals surface area contributed by atoms with Gasteiger partial charge in [-0.25, -0.2) is 0 Å². The van der Waals surface area contributed by atoms with Crippen molar-refractivity contribution in [3.8, 4) is 0 Å². The second-order valence-corrected chi connectivity index (χ2v) is 15.7. The van der Waals surface area contributed by atoms with Crippen LogP contribution in [-0.4, -0.2) is 81.9 Å². The maximum atomic E-state index is 8.52. The van der Waals surface area contributed by atoms with Gasteiger partial charge in [0.1, 0.15) is 0 Å². The van der Waals surface area contributed by atoms with Gasteiger partial charge in [0.2, 0.25) is 0 Å². The van der Waals surface area contributed by atoms with E-state index in [1.165, 1.54) is 180 Å². The van der Waals surface area contributed by atoms with Gasteiger partial charge in [0.25, 0.3) is 0 Å². The van der Waals surface area contributed by atoms with Gasteiger partial charge in [0, 0.05) is 10.4 Å². The first-order chi connectivity index (χ1) is 20.1. The Bertz CT molecular complexity index is 580. The molecule has 6 nitrogen and oxygen atoms in total. The molecule has 0 amide bonds. The van der Waals surface area contributed by atoms with E-state index in [2.05, 4.69) is 56.1 Å². The zero-order chi connectivity index (χ0) is 33.3. The number of unbranched alkanes of at least 4 members (excludes halogenated alkanes) is 24. The van der Waals surface area contributed by atoms with Crippen LogP contribution in [0.1, 0.15) is 181 Å². The Morgan fingerprint density at radius 1 is 0.349 bits per heavy atom. The summed E-state index contributed by atoms with van der Waals surface area (Å²) < 4.78 is 36.3. The lowest BCUT2D eigenvalue weighted by atomic mass is 10.0.